The number of hydrogen-bond donors (Lipinski definition) is 1. The highest BCUT2D eigenvalue weighted by Gasteiger charge is 2.40. The second-order valence-corrected chi connectivity index (χ2v) is 5.35. The van der Waals surface area contributed by atoms with Gasteiger partial charge in [-0.05, 0) is 30.7 Å². The van der Waals surface area contributed by atoms with E-state index in [0.29, 0.717) is 18.6 Å². The number of carbonyl (C=O) groups is 1. The Morgan fingerprint density at radius 2 is 2.11 bits per heavy atom. The van der Waals surface area contributed by atoms with Gasteiger partial charge in [-0.1, -0.05) is 36.8 Å². The Bertz CT molecular complexity index is 406. The van der Waals surface area contributed by atoms with Gasteiger partial charge in [0.05, 0.1) is 0 Å². The highest BCUT2D eigenvalue weighted by atomic mass is 16.5. The number of esters is 1. The van der Waals surface area contributed by atoms with Crippen LogP contribution < -0.4 is 5.32 Å². The summed E-state index contributed by atoms with van der Waals surface area (Å²) in [6.45, 7) is 0.382. The van der Waals surface area contributed by atoms with Crippen LogP contribution >= 0.6 is 0 Å². The molecule has 1 unspecified atom stereocenters. The first kappa shape index (κ1) is 11.7. The quantitative estimate of drug-likeness (QED) is 0.830. The third-order valence-electron chi connectivity index (χ3n) is 4.12. The van der Waals surface area contributed by atoms with E-state index in [1.807, 2.05) is 30.3 Å². The molecule has 3 heteroatoms. The highest BCUT2D eigenvalue weighted by Crippen LogP contribution is 2.34. The number of rotatable bonds is 3. The van der Waals surface area contributed by atoms with Gasteiger partial charge in [0.2, 0.25) is 0 Å². The van der Waals surface area contributed by atoms with Gasteiger partial charge >= 0.3 is 5.97 Å². The van der Waals surface area contributed by atoms with Crippen LogP contribution in [0.3, 0.4) is 0 Å². The summed E-state index contributed by atoms with van der Waals surface area (Å²) in [6.07, 6.45) is 4.74. The van der Waals surface area contributed by atoms with Gasteiger partial charge < -0.3 is 10.1 Å². The molecule has 0 amide bonds. The molecule has 1 aromatic rings. The lowest BCUT2D eigenvalue weighted by Crippen LogP contribution is -2.36. The van der Waals surface area contributed by atoms with Crippen LogP contribution in [0.2, 0.25) is 0 Å². The maximum atomic E-state index is 12.0. The van der Waals surface area contributed by atoms with E-state index in [1.165, 1.54) is 19.3 Å². The number of fused-ring (bicyclic) bond motifs is 1. The average molecular weight is 245 g/mol. The third kappa shape index (κ3) is 2.41. The van der Waals surface area contributed by atoms with Crippen molar-refractivity contribution in [2.75, 3.05) is 0 Å². The Morgan fingerprint density at radius 1 is 1.28 bits per heavy atom. The molecule has 3 rings (SSSR count). The SMILES string of the molecule is O=C(OCc1ccccc1)[C@@H]1C[C@@H]2CCCC2N1. The van der Waals surface area contributed by atoms with E-state index in [0.717, 1.165) is 12.0 Å². The van der Waals surface area contributed by atoms with Crippen LogP contribution in [-0.4, -0.2) is 18.1 Å². The molecule has 1 heterocycles. The summed E-state index contributed by atoms with van der Waals surface area (Å²) < 4.78 is 5.38. The predicted molar refractivity (Wildman–Crippen MR) is 68.9 cm³/mol. The van der Waals surface area contributed by atoms with Crippen LogP contribution in [0, 0.1) is 5.92 Å². The number of nitrogens with one attached hydrogen (secondary N) is 1. The fourth-order valence-electron chi connectivity index (χ4n) is 3.16. The average Bonchev–Trinajstić information content (AvgIpc) is 2.98. The summed E-state index contributed by atoms with van der Waals surface area (Å²) in [4.78, 5) is 12.0. The lowest BCUT2D eigenvalue weighted by atomic mass is 10.0. The smallest absolute Gasteiger partial charge is 0.323 e. The summed E-state index contributed by atoms with van der Waals surface area (Å²) in [5.41, 5.74) is 1.05. The van der Waals surface area contributed by atoms with Gasteiger partial charge in [-0.2, -0.15) is 0 Å². The number of ether oxygens (including phenoxy) is 1. The van der Waals surface area contributed by atoms with Crippen molar-refractivity contribution in [1.82, 2.24) is 5.32 Å². The Labute approximate surface area is 108 Å². The molecule has 0 aromatic heterocycles. The molecule has 1 saturated carbocycles. The van der Waals surface area contributed by atoms with E-state index in [9.17, 15) is 4.79 Å². The Balaban J connectivity index is 1.50. The van der Waals surface area contributed by atoms with Crippen molar-refractivity contribution in [3.05, 3.63) is 35.9 Å². The Kier molecular flexibility index (Phi) is 3.33. The van der Waals surface area contributed by atoms with E-state index in [-0.39, 0.29) is 12.0 Å². The molecule has 3 nitrogen and oxygen atoms in total. The molecule has 96 valence electrons. The minimum Gasteiger partial charge on any atom is -0.460 e. The molecule has 2 fully saturated rings. The minimum absolute atomic E-state index is 0.0796. The van der Waals surface area contributed by atoms with Crippen LogP contribution in [0.5, 0.6) is 0 Å². The third-order valence-corrected chi connectivity index (χ3v) is 4.12. The van der Waals surface area contributed by atoms with Crippen molar-refractivity contribution in [3.63, 3.8) is 0 Å². The van der Waals surface area contributed by atoms with Gasteiger partial charge in [0.15, 0.2) is 0 Å². The highest BCUT2D eigenvalue weighted by molar-refractivity contribution is 5.76. The van der Waals surface area contributed by atoms with Crippen LogP contribution in [0.25, 0.3) is 0 Å². The maximum absolute atomic E-state index is 12.0. The first-order chi connectivity index (χ1) is 8.83. The second-order valence-electron chi connectivity index (χ2n) is 5.35. The lowest BCUT2D eigenvalue weighted by Gasteiger charge is -2.12. The molecule has 1 N–H and O–H groups in total. The zero-order valence-electron chi connectivity index (χ0n) is 10.5. The van der Waals surface area contributed by atoms with Crippen LogP contribution in [0.4, 0.5) is 0 Å². The maximum Gasteiger partial charge on any atom is 0.323 e. The molecule has 1 aliphatic heterocycles. The lowest BCUT2D eigenvalue weighted by molar-refractivity contribution is -0.147. The first-order valence-corrected chi connectivity index (χ1v) is 6.79. The van der Waals surface area contributed by atoms with Crippen LogP contribution in [0.1, 0.15) is 31.2 Å². The first-order valence-electron chi connectivity index (χ1n) is 6.79. The predicted octanol–water partition coefficient (Wildman–Crippen LogP) is 2.26. The second kappa shape index (κ2) is 5.11. The summed E-state index contributed by atoms with van der Waals surface area (Å²) >= 11 is 0. The number of carbonyl (C=O) groups excluding carboxylic acids is 1. The molecule has 1 saturated heterocycles. The standard InChI is InChI=1S/C15H19NO2/c17-15(18-10-11-5-2-1-3-6-11)14-9-12-7-4-8-13(12)16-14/h1-3,5-6,12-14,16H,4,7-10H2/t12-,13?,14-/m0/s1. The molecule has 18 heavy (non-hydrogen) atoms. The van der Waals surface area contributed by atoms with Crippen molar-refractivity contribution >= 4 is 5.97 Å². The molecular weight excluding hydrogens is 226 g/mol. The van der Waals surface area contributed by atoms with Crippen molar-refractivity contribution in [2.45, 2.75) is 44.4 Å². The molecule has 0 bridgehead atoms. The van der Waals surface area contributed by atoms with Crippen molar-refractivity contribution in [3.8, 4) is 0 Å². The van der Waals surface area contributed by atoms with Crippen molar-refractivity contribution in [2.24, 2.45) is 5.92 Å². The molecule has 1 aliphatic carbocycles. The Morgan fingerprint density at radius 3 is 2.89 bits per heavy atom. The normalized spacial score (nSPS) is 30.1. The monoisotopic (exact) mass is 245 g/mol. The van der Waals surface area contributed by atoms with E-state index < -0.39 is 0 Å². The summed E-state index contributed by atoms with van der Waals surface area (Å²) in [7, 11) is 0. The fraction of sp³-hybridized carbons (Fsp3) is 0.533. The molecule has 0 radical (unpaired) electrons. The summed E-state index contributed by atoms with van der Waals surface area (Å²) in [6, 6.07) is 10.3. The summed E-state index contributed by atoms with van der Waals surface area (Å²) in [5.74, 6) is 0.604. The van der Waals surface area contributed by atoms with Gasteiger partial charge in [0, 0.05) is 6.04 Å². The topological polar surface area (TPSA) is 38.3 Å². The molecule has 0 spiro atoms. The van der Waals surface area contributed by atoms with Gasteiger partial charge in [0.1, 0.15) is 12.6 Å². The van der Waals surface area contributed by atoms with Gasteiger partial charge in [0.25, 0.3) is 0 Å². The van der Waals surface area contributed by atoms with E-state index in [2.05, 4.69) is 5.32 Å². The fourth-order valence-corrected chi connectivity index (χ4v) is 3.16. The van der Waals surface area contributed by atoms with Crippen LogP contribution in [0.15, 0.2) is 30.3 Å². The zero-order valence-corrected chi connectivity index (χ0v) is 10.5. The van der Waals surface area contributed by atoms with Crippen molar-refractivity contribution < 1.29 is 9.53 Å². The van der Waals surface area contributed by atoms with Crippen LogP contribution in [-0.2, 0) is 16.1 Å². The molecular formula is C15H19NO2. The molecule has 1 aromatic carbocycles. The number of hydrogen-bond acceptors (Lipinski definition) is 3. The van der Waals surface area contributed by atoms with Gasteiger partial charge in [-0.25, -0.2) is 0 Å². The van der Waals surface area contributed by atoms with Gasteiger partial charge in [-0.3, -0.25) is 4.79 Å². The van der Waals surface area contributed by atoms with E-state index in [1.54, 1.807) is 0 Å². The minimum atomic E-state index is -0.0896. The van der Waals surface area contributed by atoms with Crippen molar-refractivity contribution in [1.29, 1.82) is 0 Å². The molecule has 2 aliphatic rings. The molecule has 3 atom stereocenters. The van der Waals surface area contributed by atoms with E-state index in [4.69, 9.17) is 4.74 Å². The summed E-state index contributed by atoms with van der Waals surface area (Å²) in [5, 5.41) is 3.41. The Hall–Kier alpha value is -1.35. The number of benzene rings is 1. The van der Waals surface area contributed by atoms with Gasteiger partial charge in [-0.15, -0.1) is 0 Å². The zero-order chi connectivity index (χ0) is 12.4. The largest absolute Gasteiger partial charge is 0.460 e. The van der Waals surface area contributed by atoms with E-state index >= 15 is 0 Å².